The molecule has 4 nitrogen and oxygen atoms in total. The molecule has 1 aromatic heterocycles. The molecule has 0 fully saturated rings. The van der Waals surface area contributed by atoms with Crippen LogP contribution in [0.2, 0.25) is 0 Å². The third kappa shape index (κ3) is 5.56. The molecule has 0 radical (unpaired) electrons. The van der Waals surface area contributed by atoms with E-state index in [1.165, 1.54) is 0 Å². The monoisotopic (exact) mass is 274 g/mol. The highest BCUT2D eigenvalue weighted by molar-refractivity contribution is 5.85. The van der Waals surface area contributed by atoms with E-state index >= 15 is 0 Å². The van der Waals surface area contributed by atoms with Crippen molar-refractivity contribution in [2.24, 2.45) is 0 Å². The zero-order chi connectivity index (χ0) is 12.7. The van der Waals surface area contributed by atoms with Crippen molar-refractivity contribution in [2.75, 3.05) is 20.6 Å². The summed E-state index contributed by atoms with van der Waals surface area (Å²) in [6, 6.07) is 3.89. The van der Waals surface area contributed by atoms with Gasteiger partial charge in [-0.3, -0.25) is 9.69 Å². The molecule has 1 unspecified atom stereocenters. The van der Waals surface area contributed by atoms with Crippen molar-refractivity contribution in [3.05, 3.63) is 24.2 Å². The standard InChI is InChI=1S/C13H22N2O2.ClH/c1-4-5-8-13(16)14-10-11(15(2)3)12-7-6-9-17-12;/h6-7,9,11H,4-5,8,10H2,1-3H3,(H,14,16);1H. The fraction of sp³-hybridized carbons (Fsp3) is 0.615. The number of carbonyl (C=O) groups is 1. The maximum Gasteiger partial charge on any atom is 0.220 e. The van der Waals surface area contributed by atoms with Crippen LogP contribution in [0.5, 0.6) is 0 Å². The smallest absolute Gasteiger partial charge is 0.220 e. The van der Waals surface area contributed by atoms with Crippen molar-refractivity contribution in [3.8, 4) is 0 Å². The number of nitrogens with one attached hydrogen (secondary N) is 1. The summed E-state index contributed by atoms with van der Waals surface area (Å²) in [7, 11) is 3.96. The van der Waals surface area contributed by atoms with E-state index in [-0.39, 0.29) is 24.4 Å². The molecular weight excluding hydrogens is 252 g/mol. The first kappa shape index (κ1) is 17.0. The highest BCUT2D eigenvalue weighted by atomic mass is 35.5. The van der Waals surface area contributed by atoms with E-state index in [1.54, 1.807) is 6.26 Å². The summed E-state index contributed by atoms with van der Waals surface area (Å²) >= 11 is 0. The fourth-order valence-corrected chi connectivity index (χ4v) is 1.65. The second-order valence-corrected chi connectivity index (χ2v) is 4.40. The molecule has 1 rings (SSSR count). The number of rotatable bonds is 7. The summed E-state index contributed by atoms with van der Waals surface area (Å²) in [5, 5.41) is 2.95. The number of hydrogen-bond acceptors (Lipinski definition) is 3. The molecule has 1 N–H and O–H groups in total. The van der Waals surface area contributed by atoms with Gasteiger partial charge in [-0.1, -0.05) is 13.3 Å². The van der Waals surface area contributed by atoms with E-state index < -0.39 is 0 Å². The van der Waals surface area contributed by atoms with Gasteiger partial charge in [0.1, 0.15) is 5.76 Å². The van der Waals surface area contributed by atoms with Gasteiger partial charge in [0.15, 0.2) is 0 Å². The van der Waals surface area contributed by atoms with Gasteiger partial charge >= 0.3 is 0 Å². The zero-order valence-corrected chi connectivity index (χ0v) is 12.1. The Morgan fingerprint density at radius 1 is 1.50 bits per heavy atom. The molecule has 0 aliphatic heterocycles. The molecule has 1 heterocycles. The lowest BCUT2D eigenvalue weighted by atomic mass is 10.2. The molecular formula is C13H23ClN2O2. The summed E-state index contributed by atoms with van der Waals surface area (Å²) < 4.78 is 5.38. The Morgan fingerprint density at radius 3 is 2.72 bits per heavy atom. The highest BCUT2D eigenvalue weighted by Crippen LogP contribution is 2.17. The number of halogens is 1. The minimum atomic E-state index is 0. The van der Waals surface area contributed by atoms with Gasteiger partial charge in [0.05, 0.1) is 12.3 Å². The van der Waals surface area contributed by atoms with Crippen LogP contribution in [0.15, 0.2) is 22.8 Å². The maximum absolute atomic E-state index is 11.5. The van der Waals surface area contributed by atoms with Crippen molar-refractivity contribution in [2.45, 2.75) is 32.2 Å². The van der Waals surface area contributed by atoms with Crippen LogP contribution in [-0.4, -0.2) is 31.4 Å². The molecule has 0 aromatic carbocycles. The van der Waals surface area contributed by atoms with Crippen LogP contribution in [0.4, 0.5) is 0 Å². The molecule has 1 amide bonds. The highest BCUT2D eigenvalue weighted by Gasteiger charge is 2.17. The molecule has 0 bridgehead atoms. The van der Waals surface area contributed by atoms with E-state index in [2.05, 4.69) is 12.2 Å². The van der Waals surface area contributed by atoms with Gasteiger partial charge in [0.2, 0.25) is 5.91 Å². The van der Waals surface area contributed by atoms with Gasteiger partial charge < -0.3 is 9.73 Å². The SMILES string of the molecule is CCCCC(=O)NCC(c1ccco1)N(C)C.Cl. The number of nitrogens with zero attached hydrogens (tertiary/aromatic N) is 1. The van der Waals surface area contributed by atoms with Crippen LogP contribution in [0.25, 0.3) is 0 Å². The Morgan fingerprint density at radius 2 is 2.22 bits per heavy atom. The first-order valence-electron chi connectivity index (χ1n) is 6.11. The Bertz CT molecular complexity index is 326. The third-order valence-electron chi connectivity index (χ3n) is 2.74. The molecule has 0 saturated heterocycles. The number of carbonyl (C=O) groups excluding carboxylic acids is 1. The maximum atomic E-state index is 11.5. The quantitative estimate of drug-likeness (QED) is 0.831. The zero-order valence-electron chi connectivity index (χ0n) is 11.3. The van der Waals surface area contributed by atoms with E-state index in [0.717, 1.165) is 18.6 Å². The summed E-state index contributed by atoms with van der Waals surface area (Å²) in [6.45, 7) is 2.67. The van der Waals surface area contributed by atoms with Crippen LogP contribution in [0.1, 0.15) is 38.0 Å². The van der Waals surface area contributed by atoms with Gasteiger partial charge in [-0.2, -0.15) is 0 Å². The Balaban J connectivity index is 0.00000289. The van der Waals surface area contributed by atoms with Gasteiger partial charge in [-0.15, -0.1) is 12.4 Å². The second-order valence-electron chi connectivity index (χ2n) is 4.40. The van der Waals surface area contributed by atoms with Gasteiger partial charge in [-0.25, -0.2) is 0 Å². The lowest BCUT2D eigenvalue weighted by Crippen LogP contribution is -2.34. The Hall–Kier alpha value is -1.00. The van der Waals surface area contributed by atoms with Crippen LogP contribution in [-0.2, 0) is 4.79 Å². The Kier molecular flexibility index (Phi) is 8.50. The van der Waals surface area contributed by atoms with E-state index in [9.17, 15) is 4.79 Å². The lowest BCUT2D eigenvalue weighted by molar-refractivity contribution is -0.121. The molecule has 104 valence electrons. The number of furan rings is 1. The first-order valence-corrected chi connectivity index (χ1v) is 6.11. The largest absolute Gasteiger partial charge is 0.468 e. The van der Waals surface area contributed by atoms with Crippen LogP contribution >= 0.6 is 12.4 Å². The number of likely N-dealkylation sites (N-methyl/N-ethyl adjacent to an activating group) is 1. The van der Waals surface area contributed by atoms with Crippen molar-refractivity contribution in [3.63, 3.8) is 0 Å². The van der Waals surface area contributed by atoms with Gasteiger partial charge in [0.25, 0.3) is 0 Å². The molecule has 1 atom stereocenters. The predicted octanol–water partition coefficient (Wildman–Crippen LogP) is 2.61. The topological polar surface area (TPSA) is 45.5 Å². The van der Waals surface area contributed by atoms with E-state index in [1.807, 2.05) is 31.1 Å². The molecule has 0 saturated carbocycles. The minimum absolute atomic E-state index is 0. The Labute approximate surface area is 115 Å². The lowest BCUT2D eigenvalue weighted by Gasteiger charge is -2.22. The summed E-state index contributed by atoms with van der Waals surface area (Å²) in [4.78, 5) is 13.6. The third-order valence-corrected chi connectivity index (χ3v) is 2.74. The predicted molar refractivity (Wildman–Crippen MR) is 74.9 cm³/mol. The van der Waals surface area contributed by atoms with Crippen LogP contribution in [0, 0.1) is 0 Å². The summed E-state index contributed by atoms with van der Waals surface area (Å²) in [5.74, 6) is 0.996. The first-order chi connectivity index (χ1) is 8.15. The normalized spacial score (nSPS) is 12.0. The number of unbranched alkanes of at least 4 members (excludes halogenated alkanes) is 1. The minimum Gasteiger partial charge on any atom is -0.468 e. The fourth-order valence-electron chi connectivity index (χ4n) is 1.65. The van der Waals surface area contributed by atoms with Gasteiger partial charge in [0, 0.05) is 13.0 Å². The second kappa shape index (κ2) is 9.00. The molecule has 0 aliphatic carbocycles. The van der Waals surface area contributed by atoms with Crippen molar-refractivity contribution in [1.82, 2.24) is 10.2 Å². The van der Waals surface area contributed by atoms with E-state index in [0.29, 0.717) is 13.0 Å². The number of hydrogen-bond donors (Lipinski definition) is 1. The summed E-state index contributed by atoms with van der Waals surface area (Å²) in [6.07, 6.45) is 4.25. The molecule has 18 heavy (non-hydrogen) atoms. The van der Waals surface area contributed by atoms with Crippen LogP contribution < -0.4 is 5.32 Å². The molecule has 0 aliphatic rings. The van der Waals surface area contributed by atoms with Crippen molar-refractivity contribution < 1.29 is 9.21 Å². The van der Waals surface area contributed by atoms with E-state index in [4.69, 9.17) is 4.42 Å². The average molecular weight is 275 g/mol. The molecule has 1 aromatic rings. The van der Waals surface area contributed by atoms with Crippen molar-refractivity contribution >= 4 is 18.3 Å². The average Bonchev–Trinajstić information content (AvgIpc) is 2.79. The van der Waals surface area contributed by atoms with Crippen LogP contribution in [0.3, 0.4) is 0 Å². The summed E-state index contributed by atoms with van der Waals surface area (Å²) in [5.41, 5.74) is 0. The number of amides is 1. The van der Waals surface area contributed by atoms with Crippen molar-refractivity contribution in [1.29, 1.82) is 0 Å². The van der Waals surface area contributed by atoms with Gasteiger partial charge in [-0.05, 0) is 32.6 Å². The molecule has 0 spiro atoms. The molecule has 5 heteroatoms.